The van der Waals surface area contributed by atoms with E-state index >= 15 is 0 Å². The summed E-state index contributed by atoms with van der Waals surface area (Å²) in [6.07, 6.45) is 7.15. The van der Waals surface area contributed by atoms with Gasteiger partial charge in [0.1, 0.15) is 5.69 Å². The Hall–Kier alpha value is -2.11. The number of hydrogen-bond acceptors (Lipinski definition) is 4. The summed E-state index contributed by atoms with van der Waals surface area (Å²) < 4.78 is 5.07. The smallest absolute Gasteiger partial charge is 0.355 e. The highest BCUT2D eigenvalue weighted by atomic mass is 16.5. The Morgan fingerprint density at radius 3 is 2.13 bits per heavy atom. The lowest BCUT2D eigenvalue weighted by atomic mass is 9.98. The third-order valence-corrected chi connectivity index (χ3v) is 5.55. The van der Waals surface area contributed by atoms with Gasteiger partial charge in [-0.2, -0.15) is 0 Å². The van der Waals surface area contributed by atoms with Crippen molar-refractivity contribution in [1.29, 1.82) is 0 Å². The summed E-state index contributed by atoms with van der Waals surface area (Å²) in [7, 11) is 0. The van der Waals surface area contributed by atoms with Gasteiger partial charge < -0.3 is 14.6 Å². The van der Waals surface area contributed by atoms with Gasteiger partial charge in [0, 0.05) is 23.7 Å². The Labute approximate surface area is 181 Å². The number of ether oxygens (including phenoxy) is 1. The van der Waals surface area contributed by atoms with Gasteiger partial charge in [0.05, 0.1) is 12.6 Å². The van der Waals surface area contributed by atoms with Crippen LogP contribution in [0, 0.1) is 13.8 Å². The molecular formula is C24H40N2O4. The van der Waals surface area contributed by atoms with Crippen molar-refractivity contribution >= 4 is 17.7 Å². The maximum absolute atomic E-state index is 13.3. The predicted octanol–water partition coefficient (Wildman–Crippen LogP) is 5.37. The number of ketones is 1. The number of carbonyl (C=O) groups is 3. The van der Waals surface area contributed by atoms with Crippen LogP contribution in [-0.4, -0.2) is 46.2 Å². The van der Waals surface area contributed by atoms with Gasteiger partial charge in [-0.25, -0.2) is 4.79 Å². The molecule has 1 aromatic heterocycles. The largest absolute Gasteiger partial charge is 0.461 e. The van der Waals surface area contributed by atoms with Crippen LogP contribution in [0.3, 0.4) is 0 Å². The zero-order valence-electron chi connectivity index (χ0n) is 19.9. The normalized spacial score (nSPS) is 12.1. The number of aromatic amines is 1. The fourth-order valence-corrected chi connectivity index (χ4v) is 4.00. The lowest BCUT2D eigenvalue weighted by molar-refractivity contribution is -0.134. The van der Waals surface area contributed by atoms with Crippen LogP contribution in [0.15, 0.2) is 0 Å². The molecule has 0 spiro atoms. The molecule has 6 nitrogen and oxygen atoms in total. The molecule has 0 fully saturated rings. The molecule has 0 saturated carbocycles. The average Bonchev–Trinajstić information content (AvgIpc) is 2.98. The minimum absolute atomic E-state index is 0.0119. The highest BCUT2D eigenvalue weighted by Crippen LogP contribution is 2.23. The van der Waals surface area contributed by atoms with Gasteiger partial charge in [-0.1, -0.05) is 39.0 Å². The standard InChI is InChI=1S/C24H40N2O4/c1-8-10-11-12-13-14-15-20(27)26(16(3)4)19(7)23(28)21-17(5)22(25-18(21)6)24(29)30-9-2/h16,19,25H,8-15H2,1-7H3. The number of carbonyl (C=O) groups excluding carboxylic acids is 3. The lowest BCUT2D eigenvalue weighted by Gasteiger charge is -2.32. The average molecular weight is 421 g/mol. The molecule has 0 aliphatic carbocycles. The van der Waals surface area contributed by atoms with E-state index in [1.165, 1.54) is 19.3 Å². The van der Waals surface area contributed by atoms with Crippen LogP contribution in [0.5, 0.6) is 0 Å². The van der Waals surface area contributed by atoms with Crippen LogP contribution in [0.25, 0.3) is 0 Å². The van der Waals surface area contributed by atoms with Crippen molar-refractivity contribution in [2.45, 2.75) is 105 Å². The van der Waals surface area contributed by atoms with E-state index in [1.54, 1.807) is 32.6 Å². The first-order valence-electron chi connectivity index (χ1n) is 11.4. The van der Waals surface area contributed by atoms with E-state index < -0.39 is 12.0 Å². The minimum atomic E-state index is -0.596. The van der Waals surface area contributed by atoms with Crippen molar-refractivity contribution in [2.24, 2.45) is 0 Å². The van der Waals surface area contributed by atoms with Crippen LogP contribution in [0.1, 0.15) is 112 Å². The number of hydrogen-bond donors (Lipinski definition) is 1. The second-order valence-corrected chi connectivity index (χ2v) is 8.30. The molecule has 0 aliphatic rings. The van der Waals surface area contributed by atoms with E-state index in [2.05, 4.69) is 11.9 Å². The third kappa shape index (κ3) is 6.71. The fraction of sp³-hybridized carbons (Fsp3) is 0.708. The number of aryl methyl sites for hydroxylation is 1. The molecule has 1 unspecified atom stereocenters. The number of unbranched alkanes of at least 4 members (excludes halogenated alkanes) is 5. The number of nitrogens with one attached hydrogen (secondary N) is 1. The second kappa shape index (κ2) is 12.6. The molecule has 0 bridgehead atoms. The van der Waals surface area contributed by atoms with E-state index in [4.69, 9.17) is 4.74 Å². The summed E-state index contributed by atoms with van der Waals surface area (Å²) >= 11 is 0. The number of Topliss-reactive ketones (excluding diaryl/α,β-unsaturated/α-hetero) is 1. The fourth-order valence-electron chi connectivity index (χ4n) is 4.00. The Morgan fingerprint density at radius 1 is 0.967 bits per heavy atom. The van der Waals surface area contributed by atoms with Crippen molar-refractivity contribution in [1.82, 2.24) is 9.88 Å². The minimum Gasteiger partial charge on any atom is -0.461 e. The molecule has 1 atom stereocenters. The molecule has 0 aromatic carbocycles. The molecule has 1 amide bonds. The second-order valence-electron chi connectivity index (χ2n) is 8.30. The number of rotatable bonds is 13. The van der Waals surface area contributed by atoms with Gasteiger partial charge in [-0.3, -0.25) is 9.59 Å². The summed E-state index contributed by atoms with van der Waals surface area (Å²) in [6.45, 7) is 13.4. The SMILES string of the molecule is CCCCCCCCC(=O)N(C(C)C)C(C)C(=O)c1c(C)[nH]c(C(=O)OCC)c1C. The van der Waals surface area contributed by atoms with Crippen LogP contribution < -0.4 is 0 Å². The van der Waals surface area contributed by atoms with Crippen molar-refractivity contribution in [3.63, 3.8) is 0 Å². The first-order valence-corrected chi connectivity index (χ1v) is 11.4. The van der Waals surface area contributed by atoms with Crippen LogP contribution in [0.2, 0.25) is 0 Å². The van der Waals surface area contributed by atoms with Crippen molar-refractivity contribution in [2.75, 3.05) is 6.61 Å². The topological polar surface area (TPSA) is 79.5 Å². The summed E-state index contributed by atoms with van der Waals surface area (Å²) in [5, 5.41) is 0. The zero-order chi connectivity index (χ0) is 22.8. The van der Waals surface area contributed by atoms with E-state index in [9.17, 15) is 14.4 Å². The van der Waals surface area contributed by atoms with Gasteiger partial charge in [-0.05, 0) is 53.5 Å². The van der Waals surface area contributed by atoms with E-state index in [1.807, 2.05) is 13.8 Å². The number of amides is 1. The van der Waals surface area contributed by atoms with Gasteiger partial charge in [0.25, 0.3) is 0 Å². The number of aromatic nitrogens is 1. The molecular weight excluding hydrogens is 380 g/mol. The van der Waals surface area contributed by atoms with Gasteiger partial charge in [0.2, 0.25) is 5.91 Å². The molecule has 1 N–H and O–H groups in total. The molecule has 30 heavy (non-hydrogen) atoms. The molecule has 1 aromatic rings. The molecule has 1 rings (SSSR count). The van der Waals surface area contributed by atoms with Crippen LogP contribution in [-0.2, 0) is 9.53 Å². The lowest BCUT2D eigenvalue weighted by Crippen LogP contribution is -2.47. The maximum Gasteiger partial charge on any atom is 0.355 e. The predicted molar refractivity (Wildman–Crippen MR) is 120 cm³/mol. The Bertz CT molecular complexity index is 721. The van der Waals surface area contributed by atoms with Gasteiger partial charge in [0.15, 0.2) is 5.78 Å². The summed E-state index contributed by atoms with van der Waals surface area (Å²) in [5.41, 5.74) is 1.98. The molecule has 0 saturated heterocycles. The molecule has 0 aliphatic heterocycles. The Balaban J connectivity index is 2.91. The molecule has 6 heteroatoms. The molecule has 1 heterocycles. The highest BCUT2D eigenvalue weighted by Gasteiger charge is 2.32. The quantitative estimate of drug-likeness (QED) is 0.264. The summed E-state index contributed by atoms with van der Waals surface area (Å²) in [4.78, 5) is 43.1. The Morgan fingerprint density at radius 2 is 1.57 bits per heavy atom. The van der Waals surface area contributed by atoms with Gasteiger partial charge >= 0.3 is 5.97 Å². The van der Waals surface area contributed by atoms with E-state index in [0.29, 0.717) is 28.9 Å². The molecule has 170 valence electrons. The summed E-state index contributed by atoms with van der Waals surface area (Å²) in [6, 6.07) is -0.679. The number of H-pyrrole nitrogens is 1. The molecule has 0 radical (unpaired) electrons. The first-order chi connectivity index (χ1) is 14.2. The summed E-state index contributed by atoms with van der Waals surface area (Å²) in [5.74, 6) is -0.607. The van der Waals surface area contributed by atoms with Crippen LogP contribution in [0.4, 0.5) is 0 Å². The maximum atomic E-state index is 13.3. The van der Waals surface area contributed by atoms with E-state index in [0.717, 1.165) is 19.3 Å². The number of nitrogens with zero attached hydrogens (tertiary/aromatic N) is 1. The van der Waals surface area contributed by atoms with Crippen molar-refractivity contribution in [3.05, 3.63) is 22.5 Å². The monoisotopic (exact) mass is 420 g/mol. The zero-order valence-corrected chi connectivity index (χ0v) is 19.9. The van der Waals surface area contributed by atoms with Crippen molar-refractivity contribution in [3.8, 4) is 0 Å². The highest BCUT2D eigenvalue weighted by molar-refractivity contribution is 6.06. The number of esters is 1. The first kappa shape index (κ1) is 25.9. The van der Waals surface area contributed by atoms with Crippen LogP contribution >= 0.6 is 0 Å². The third-order valence-electron chi connectivity index (χ3n) is 5.55. The van der Waals surface area contributed by atoms with Gasteiger partial charge in [-0.15, -0.1) is 0 Å². The van der Waals surface area contributed by atoms with Crippen molar-refractivity contribution < 1.29 is 19.1 Å². The van der Waals surface area contributed by atoms with E-state index in [-0.39, 0.29) is 24.3 Å². The Kier molecular flexibility index (Phi) is 10.8.